The molecule has 0 unspecified atom stereocenters. The van der Waals surface area contributed by atoms with Crippen molar-refractivity contribution in [3.63, 3.8) is 0 Å². The number of benzene rings is 1. The van der Waals surface area contributed by atoms with Crippen LogP contribution in [0.4, 0.5) is 10.6 Å². The first-order valence-corrected chi connectivity index (χ1v) is 12.0. The van der Waals surface area contributed by atoms with E-state index in [-0.39, 0.29) is 6.09 Å². The number of pyridine rings is 1. The summed E-state index contributed by atoms with van der Waals surface area (Å²) in [5.41, 5.74) is 3.16. The van der Waals surface area contributed by atoms with Crippen LogP contribution in [0.3, 0.4) is 0 Å². The van der Waals surface area contributed by atoms with Crippen molar-refractivity contribution in [1.82, 2.24) is 14.9 Å². The van der Waals surface area contributed by atoms with Crippen LogP contribution in [0, 0.1) is 11.3 Å². The molecule has 0 atom stereocenters. The average Bonchev–Trinajstić information content (AvgIpc) is 3.28. The second kappa shape index (κ2) is 12.1. The molecule has 34 heavy (non-hydrogen) atoms. The van der Waals surface area contributed by atoms with Gasteiger partial charge in [0.1, 0.15) is 17.5 Å². The number of amides is 1. The van der Waals surface area contributed by atoms with Crippen molar-refractivity contribution in [1.29, 1.82) is 5.26 Å². The number of carbonyl (C=O) groups excluding carboxylic acids is 1. The number of fused-ring (bicyclic) bond motifs is 1. The number of hydrogen-bond acceptors (Lipinski definition) is 5. The Labute approximate surface area is 203 Å². The van der Waals surface area contributed by atoms with E-state index in [2.05, 4.69) is 27.0 Å². The molecule has 0 saturated carbocycles. The van der Waals surface area contributed by atoms with E-state index >= 15 is 0 Å². The van der Waals surface area contributed by atoms with Gasteiger partial charge in [0.15, 0.2) is 0 Å². The van der Waals surface area contributed by atoms with Crippen LogP contribution in [-0.2, 0) is 4.74 Å². The molecule has 1 aliphatic rings. The molecule has 1 fully saturated rings. The largest absolute Gasteiger partial charge is 0.444 e. The van der Waals surface area contributed by atoms with Crippen LogP contribution in [0.15, 0.2) is 42.7 Å². The van der Waals surface area contributed by atoms with Gasteiger partial charge in [0, 0.05) is 55.0 Å². The summed E-state index contributed by atoms with van der Waals surface area (Å²) in [6, 6.07) is 12.3. The van der Waals surface area contributed by atoms with Gasteiger partial charge in [0.25, 0.3) is 0 Å². The van der Waals surface area contributed by atoms with Crippen molar-refractivity contribution in [3.05, 3.63) is 48.3 Å². The molecule has 1 amide bonds. The fraction of sp³-hybridized carbons (Fsp3) is 0.444. The van der Waals surface area contributed by atoms with Gasteiger partial charge >= 0.3 is 6.09 Å². The zero-order chi connectivity index (χ0) is 25.3. The maximum absolute atomic E-state index is 12.2. The molecule has 2 aromatic heterocycles. The number of anilines is 1. The number of nitrogens with zero attached hydrogens (tertiary/aromatic N) is 4. The zero-order valence-corrected chi connectivity index (χ0v) is 21.5. The first-order chi connectivity index (χ1) is 16.3. The summed E-state index contributed by atoms with van der Waals surface area (Å²) in [6.45, 7) is 16.3. The first-order valence-electron chi connectivity index (χ1n) is 12.0. The SMILES string of the molecule is CC.CC.CC(C)(C)OC(=O)N1CCN(c2ccc(-c3ccc4c(C#N)c[nH]c4c3)cn2)CC1. The summed E-state index contributed by atoms with van der Waals surface area (Å²) >= 11 is 0. The van der Waals surface area contributed by atoms with Gasteiger partial charge in [0.05, 0.1) is 5.56 Å². The third-order valence-electron chi connectivity index (χ3n) is 5.14. The number of rotatable bonds is 2. The summed E-state index contributed by atoms with van der Waals surface area (Å²) in [6.07, 6.45) is 3.34. The van der Waals surface area contributed by atoms with Crippen molar-refractivity contribution in [3.8, 4) is 17.2 Å². The van der Waals surface area contributed by atoms with E-state index in [9.17, 15) is 4.79 Å². The Hall–Kier alpha value is -3.53. The third kappa shape index (κ3) is 6.50. The molecule has 0 radical (unpaired) electrons. The van der Waals surface area contributed by atoms with Crippen LogP contribution in [0.5, 0.6) is 0 Å². The van der Waals surface area contributed by atoms with E-state index in [0.717, 1.165) is 40.9 Å². The van der Waals surface area contributed by atoms with Crippen LogP contribution >= 0.6 is 0 Å². The van der Waals surface area contributed by atoms with Crippen molar-refractivity contribution in [2.75, 3.05) is 31.1 Å². The summed E-state index contributed by atoms with van der Waals surface area (Å²) in [7, 11) is 0. The van der Waals surface area contributed by atoms with E-state index < -0.39 is 5.60 Å². The number of nitrogens with one attached hydrogen (secondary N) is 1. The number of piperazine rings is 1. The lowest BCUT2D eigenvalue weighted by molar-refractivity contribution is 0.0240. The lowest BCUT2D eigenvalue weighted by Crippen LogP contribution is -2.50. The van der Waals surface area contributed by atoms with Gasteiger partial charge in [-0.2, -0.15) is 5.26 Å². The minimum atomic E-state index is -0.481. The van der Waals surface area contributed by atoms with E-state index in [4.69, 9.17) is 10.00 Å². The maximum atomic E-state index is 12.2. The number of ether oxygens (including phenoxy) is 1. The number of hydrogen-bond donors (Lipinski definition) is 1. The first kappa shape index (κ1) is 26.7. The van der Waals surface area contributed by atoms with E-state index in [0.29, 0.717) is 18.7 Å². The normalized spacial score (nSPS) is 13.2. The van der Waals surface area contributed by atoms with Gasteiger partial charge in [-0.15, -0.1) is 0 Å². The van der Waals surface area contributed by atoms with Crippen molar-refractivity contribution in [2.45, 2.75) is 54.1 Å². The zero-order valence-electron chi connectivity index (χ0n) is 21.5. The number of nitriles is 1. The Morgan fingerprint density at radius 3 is 2.24 bits per heavy atom. The Balaban J connectivity index is 0.000000970. The van der Waals surface area contributed by atoms with Gasteiger partial charge in [-0.1, -0.05) is 39.8 Å². The minimum Gasteiger partial charge on any atom is -0.444 e. The summed E-state index contributed by atoms with van der Waals surface area (Å²) in [5.74, 6) is 0.898. The Morgan fingerprint density at radius 2 is 1.68 bits per heavy atom. The monoisotopic (exact) mass is 463 g/mol. The van der Waals surface area contributed by atoms with E-state index in [1.54, 1.807) is 11.1 Å². The molecule has 7 heteroatoms. The molecular formula is C27H37N5O2. The molecule has 4 rings (SSSR count). The highest BCUT2D eigenvalue weighted by molar-refractivity contribution is 5.89. The number of H-pyrrole nitrogens is 1. The molecule has 3 heterocycles. The van der Waals surface area contributed by atoms with E-state index in [1.807, 2.05) is 78.9 Å². The standard InChI is InChI=1S/C23H25N5O2.2C2H6/c1-23(2,3)30-22(29)28-10-8-27(9-11-28)21-7-5-17(14-26-21)16-4-6-19-18(13-24)15-25-20(19)12-16;2*1-2/h4-7,12,14-15,25H,8-11H2,1-3H3;2*1-2H3. The van der Waals surface area contributed by atoms with Crippen molar-refractivity contribution >= 4 is 22.8 Å². The average molecular weight is 464 g/mol. The minimum absolute atomic E-state index is 0.260. The fourth-order valence-corrected chi connectivity index (χ4v) is 3.59. The van der Waals surface area contributed by atoms with Crippen LogP contribution in [0.1, 0.15) is 54.0 Å². The molecule has 7 nitrogen and oxygen atoms in total. The molecule has 182 valence electrons. The summed E-state index contributed by atoms with van der Waals surface area (Å²) < 4.78 is 5.45. The highest BCUT2D eigenvalue weighted by atomic mass is 16.6. The smallest absolute Gasteiger partial charge is 0.410 e. The van der Waals surface area contributed by atoms with Crippen LogP contribution < -0.4 is 4.90 Å². The van der Waals surface area contributed by atoms with Gasteiger partial charge in [0.2, 0.25) is 0 Å². The third-order valence-corrected chi connectivity index (χ3v) is 5.14. The van der Waals surface area contributed by atoms with Crippen LogP contribution in [-0.4, -0.2) is 52.7 Å². The quantitative estimate of drug-likeness (QED) is 0.488. The van der Waals surface area contributed by atoms with Gasteiger partial charge < -0.3 is 19.5 Å². The summed E-state index contributed by atoms with van der Waals surface area (Å²) in [4.78, 5) is 23.9. The molecule has 1 aliphatic heterocycles. The van der Waals surface area contributed by atoms with Gasteiger partial charge in [-0.05, 0) is 44.5 Å². The number of carbonyl (C=O) groups is 1. The number of aromatic nitrogens is 2. The second-order valence-electron chi connectivity index (χ2n) is 8.43. The summed E-state index contributed by atoms with van der Waals surface area (Å²) in [5, 5.41) is 10.1. The lowest BCUT2D eigenvalue weighted by atomic mass is 10.0. The predicted molar refractivity (Wildman–Crippen MR) is 139 cm³/mol. The molecule has 0 bridgehead atoms. The maximum Gasteiger partial charge on any atom is 0.410 e. The van der Waals surface area contributed by atoms with Crippen LogP contribution in [0.2, 0.25) is 0 Å². The Kier molecular flexibility index (Phi) is 9.49. The topological polar surface area (TPSA) is 85.2 Å². The molecular weight excluding hydrogens is 426 g/mol. The Bertz CT molecular complexity index is 1100. The fourth-order valence-electron chi connectivity index (χ4n) is 3.59. The van der Waals surface area contributed by atoms with Crippen molar-refractivity contribution in [2.24, 2.45) is 0 Å². The molecule has 3 aromatic rings. The van der Waals surface area contributed by atoms with Crippen LogP contribution in [0.25, 0.3) is 22.0 Å². The predicted octanol–water partition coefficient (Wildman–Crippen LogP) is 6.21. The van der Waals surface area contributed by atoms with Gasteiger partial charge in [-0.25, -0.2) is 9.78 Å². The Morgan fingerprint density at radius 1 is 1.03 bits per heavy atom. The molecule has 1 aromatic carbocycles. The van der Waals surface area contributed by atoms with Gasteiger partial charge in [-0.3, -0.25) is 0 Å². The molecule has 0 spiro atoms. The molecule has 1 N–H and O–H groups in total. The highest BCUT2D eigenvalue weighted by Crippen LogP contribution is 2.26. The lowest BCUT2D eigenvalue weighted by Gasteiger charge is -2.36. The molecule has 1 saturated heterocycles. The van der Waals surface area contributed by atoms with Crippen molar-refractivity contribution < 1.29 is 9.53 Å². The molecule has 0 aliphatic carbocycles. The second-order valence-corrected chi connectivity index (χ2v) is 8.43. The number of aromatic amines is 1. The van der Waals surface area contributed by atoms with E-state index in [1.165, 1.54) is 0 Å². The highest BCUT2D eigenvalue weighted by Gasteiger charge is 2.26.